The topological polar surface area (TPSA) is 110 Å². The zero-order valence-electron chi connectivity index (χ0n) is 11.9. The maximum absolute atomic E-state index is 11.4. The third-order valence-electron chi connectivity index (χ3n) is 2.32. The summed E-state index contributed by atoms with van der Waals surface area (Å²) in [5.41, 5.74) is 0.0648. The number of hydrogen-bond donors (Lipinski definition) is 2. The Morgan fingerprint density at radius 3 is 2.19 bits per heavy atom. The highest BCUT2D eigenvalue weighted by Gasteiger charge is 2.17. The van der Waals surface area contributed by atoms with Crippen LogP contribution in [0.2, 0.25) is 0 Å². The molecule has 0 spiro atoms. The van der Waals surface area contributed by atoms with Crippen molar-refractivity contribution in [2.45, 2.75) is 27.1 Å². The Morgan fingerprint density at radius 1 is 1.14 bits per heavy atom. The van der Waals surface area contributed by atoms with Crippen LogP contribution < -0.4 is 9.96 Å². The van der Waals surface area contributed by atoms with Gasteiger partial charge in [-0.15, -0.1) is 0 Å². The number of benzene rings is 1. The van der Waals surface area contributed by atoms with Gasteiger partial charge in [0.25, 0.3) is 0 Å². The maximum atomic E-state index is 11.4. The zero-order chi connectivity index (χ0) is 16.0. The molecule has 21 heavy (non-hydrogen) atoms. The van der Waals surface area contributed by atoms with Crippen molar-refractivity contribution in [2.75, 3.05) is 0 Å². The van der Waals surface area contributed by atoms with Crippen LogP contribution in [-0.4, -0.2) is 23.6 Å². The molecule has 0 saturated heterocycles. The molecular weight excluding hydrogens is 282 g/mol. The van der Waals surface area contributed by atoms with Gasteiger partial charge in [-0.2, -0.15) is 5.23 Å². The van der Waals surface area contributed by atoms with Gasteiger partial charge in [-0.25, -0.2) is 10.0 Å². The van der Waals surface area contributed by atoms with Crippen molar-refractivity contribution < 1.29 is 34.2 Å². The molecule has 0 heterocycles. The van der Waals surface area contributed by atoms with Crippen LogP contribution in [0.4, 0.5) is 10.5 Å². The van der Waals surface area contributed by atoms with Crippen LogP contribution in [0.1, 0.15) is 20.8 Å². The SMILES string of the molecule is CC(OC(=O)Oc1ccc([NH+]([O-])O)cc1)OC(=O)C(C)C. The summed E-state index contributed by atoms with van der Waals surface area (Å²) in [6, 6.07) is 5.20. The minimum absolute atomic E-state index is 0.0648. The second kappa shape index (κ2) is 7.58. The number of nitrogens with one attached hydrogen (secondary N) is 1. The fraction of sp³-hybridized carbons (Fsp3) is 0.385. The number of ether oxygens (including phenoxy) is 3. The van der Waals surface area contributed by atoms with Crippen molar-refractivity contribution in [3.8, 4) is 5.75 Å². The van der Waals surface area contributed by atoms with Gasteiger partial charge in [0.05, 0.1) is 5.92 Å². The van der Waals surface area contributed by atoms with Gasteiger partial charge in [0, 0.05) is 19.1 Å². The molecule has 0 fully saturated rings. The molecule has 1 aromatic carbocycles. The van der Waals surface area contributed by atoms with Crippen LogP contribution >= 0.6 is 0 Å². The molecule has 0 aliphatic carbocycles. The van der Waals surface area contributed by atoms with Crippen LogP contribution in [0.3, 0.4) is 0 Å². The smallest absolute Gasteiger partial charge is 0.516 e. The summed E-state index contributed by atoms with van der Waals surface area (Å²) in [6.45, 7) is 4.68. The lowest BCUT2D eigenvalue weighted by Crippen LogP contribution is -2.99. The number of quaternary nitrogens is 1. The van der Waals surface area contributed by atoms with Gasteiger partial charge in [-0.05, 0) is 12.1 Å². The third kappa shape index (κ3) is 5.78. The van der Waals surface area contributed by atoms with Crippen LogP contribution in [-0.2, 0) is 14.3 Å². The Bertz CT molecular complexity index is 484. The first kappa shape index (κ1) is 16.9. The van der Waals surface area contributed by atoms with E-state index >= 15 is 0 Å². The lowest BCUT2D eigenvalue weighted by Gasteiger charge is -2.15. The summed E-state index contributed by atoms with van der Waals surface area (Å²) in [7, 11) is 0. The van der Waals surface area contributed by atoms with E-state index in [0.717, 1.165) is 0 Å². The maximum Gasteiger partial charge on any atom is 0.516 e. The number of rotatable bonds is 5. The molecular formula is C13H17NO7. The van der Waals surface area contributed by atoms with Gasteiger partial charge in [0.15, 0.2) is 5.69 Å². The average molecular weight is 299 g/mol. The number of esters is 1. The van der Waals surface area contributed by atoms with Gasteiger partial charge < -0.3 is 19.4 Å². The molecule has 2 N–H and O–H groups in total. The van der Waals surface area contributed by atoms with E-state index < -0.39 is 23.6 Å². The molecule has 0 aromatic heterocycles. The molecule has 2 unspecified atom stereocenters. The Labute approximate surface area is 121 Å². The lowest BCUT2D eigenvalue weighted by molar-refractivity contribution is -0.991. The molecule has 0 saturated carbocycles. The molecule has 116 valence electrons. The standard InChI is InChI=1S/C13H17NO7/c1-8(2)12(15)19-9(3)20-13(16)21-11-6-4-10(5-7-11)14(17)18/h4-9,14,17H,1-3H3. The second-order valence-corrected chi connectivity index (χ2v) is 4.46. The van der Waals surface area contributed by atoms with Gasteiger partial charge in [0.2, 0.25) is 6.29 Å². The Hall–Kier alpha value is -2.16. The van der Waals surface area contributed by atoms with Gasteiger partial charge >= 0.3 is 12.1 Å². The summed E-state index contributed by atoms with van der Waals surface area (Å²) in [6.07, 6.45) is -2.13. The fourth-order valence-corrected chi connectivity index (χ4v) is 1.25. The zero-order valence-corrected chi connectivity index (χ0v) is 11.9. The lowest BCUT2D eigenvalue weighted by atomic mass is 10.2. The summed E-state index contributed by atoms with van der Waals surface area (Å²) in [5.74, 6) is -0.718. The van der Waals surface area contributed by atoms with Crippen LogP contribution in [0.15, 0.2) is 24.3 Å². The third-order valence-corrected chi connectivity index (χ3v) is 2.32. The number of carbonyl (C=O) groups excluding carboxylic acids is 2. The van der Waals surface area contributed by atoms with E-state index in [-0.39, 0.29) is 17.4 Å². The second-order valence-electron chi connectivity index (χ2n) is 4.46. The van der Waals surface area contributed by atoms with E-state index in [1.807, 2.05) is 0 Å². The highest BCUT2D eigenvalue weighted by molar-refractivity contribution is 5.72. The van der Waals surface area contributed by atoms with E-state index in [2.05, 4.69) is 0 Å². The quantitative estimate of drug-likeness (QED) is 0.363. The molecule has 0 bridgehead atoms. The van der Waals surface area contributed by atoms with Crippen LogP contribution in [0, 0.1) is 11.1 Å². The summed E-state index contributed by atoms with van der Waals surface area (Å²) in [5, 5.41) is 18.3. The van der Waals surface area contributed by atoms with Crippen molar-refractivity contribution >= 4 is 17.8 Å². The normalized spacial score (nSPS) is 13.4. The van der Waals surface area contributed by atoms with E-state index in [9.17, 15) is 14.8 Å². The van der Waals surface area contributed by atoms with Crippen LogP contribution in [0.25, 0.3) is 0 Å². The molecule has 1 aromatic rings. The average Bonchev–Trinajstić information content (AvgIpc) is 2.38. The predicted octanol–water partition coefficient (Wildman–Crippen LogP) is 1.15. The van der Waals surface area contributed by atoms with Crippen molar-refractivity contribution in [2.24, 2.45) is 5.92 Å². The first-order chi connectivity index (χ1) is 9.79. The monoisotopic (exact) mass is 299 g/mol. The minimum Gasteiger partial charge on any atom is -0.595 e. The van der Waals surface area contributed by atoms with Crippen LogP contribution in [0.5, 0.6) is 5.75 Å². The van der Waals surface area contributed by atoms with E-state index in [4.69, 9.17) is 19.4 Å². The molecule has 8 nitrogen and oxygen atoms in total. The first-order valence-corrected chi connectivity index (χ1v) is 6.22. The molecule has 0 radical (unpaired) electrons. The van der Waals surface area contributed by atoms with Gasteiger partial charge in [-0.3, -0.25) is 4.79 Å². The van der Waals surface area contributed by atoms with E-state index in [1.165, 1.54) is 31.2 Å². The highest BCUT2D eigenvalue weighted by Crippen LogP contribution is 2.14. The Kier molecular flexibility index (Phi) is 6.10. The van der Waals surface area contributed by atoms with Crippen molar-refractivity contribution in [3.05, 3.63) is 29.5 Å². The van der Waals surface area contributed by atoms with Gasteiger partial charge in [-0.1, -0.05) is 13.8 Å². The van der Waals surface area contributed by atoms with Crippen molar-refractivity contribution in [1.29, 1.82) is 0 Å². The molecule has 0 aliphatic rings. The van der Waals surface area contributed by atoms with E-state index in [0.29, 0.717) is 0 Å². The summed E-state index contributed by atoms with van der Waals surface area (Å²) < 4.78 is 14.4. The molecule has 1 rings (SSSR count). The fourth-order valence-electron chi connectivity index (χ4n) is 1.25. The van der Waals surface area contributed by atoms with Crippen molar-refractivity contribution in [1.82, 2.24) is 0 Å². The molecule has 0 aliphatic heterocycles. The molecule has 8 heteroatoms. The summed E-state index contributed by atoms with van der Waals surface area (Å²) in [4.78, 5) is 22.7. The first-order valence-electron chi connectivity index (χ1n) is 6.22. The van der Waals surface area contributed by atoms with Crippen molar-refractivity contribution in [3.63, 3.8) is 0 Å². The summed E-state index contributed by atoms with van der Waals surface area (Å²) >= 11 is 0. The highest BCUT2D eigenvalue weighted by atomic mass is 16.8. The van der Waals surface area contributed by atoms with Gasteiger partial charge in [0.1, 0.15) is 5.75 Å². The molecule has 2 atom stereocenters. The Balaban J connectivity index is 2.48. The predicted molar refractivity (Wildman–Crippen MR) is 69.7 cm³/mol. The Morgan fingerprint density at radius 2 is 1.71 bits per heavy atom. The number of hydrogen-bond acceptors (Lipinski definition) is 7. The van der Waals surface area contributed by atoms with E-state index in [1.54, 1.807) is 13.8 Å². The molecule has 0 amide bonds. The number of carbonyl (C=O) groups is 2. The largest absolute Gasteiger partial charge is 0.595 e. The minimum atomic E-state index is -1.08.